The predicted molar refractivity (Wildman–Crippen MR) is 99.6 cm³/mol. The highest BCUT2D eigenvalue weighted by atomic mass is 127. The van der Waals surface area contributed by atoms with E-state index in [9.17, 15) is 10.2 Å². The zero-order valence-electron chi connectivity index (χ0n) is 13.2. The molecule has 0 aliphatic rings. The first-order chi connectivity index (χ1) is 10.2. The molecular weight excluding hydrogens is 389 g/mol. The van der Waals surface area contributed by atoms with Gasteiger partial charge >= 0.3 is 0 Å². The molecule has 3 nitrogen and oxygen atoms in total. The highest BCUT2D eigenvalue weighted by Crippen LogP contribution is 2.33. The Morgan fingerprint density at radius 3 is 2.41 bits per heavy atom. The Morgan fingerprint density at radius 2 is 1.77 bits per heavy atom. The van der Waals surface area contributed by atoms with E-state index in [1.165, 1.54) is 0 Å². The maximum absolute atomic E-state index is 10.1. The van der Waals surface area contributed by atoms with Crippen molar-refractivity contribution < 1.29 is 10.2 Å². The number of benzene rings is 2. The summed E-state index contributed by atoms with van der Waals surface area (Å²) in [6.45, 7) is 8.19. The number of hydrogen-bond acceptors (Lipinski definition) is 3. The normalized spacial score (nSPS) is 12.0. The third-order valence-corrected chi connectivity index (χ3v) is 4.10. The zero-order chi connectivity index (χ0) is 16.5. The van der Waals surface area contributed by atoms with Gasteiger partial charge in [-0.15, -0.1) is 0 Å². The smallest absolute Gasteiger partial charge is 0.141 e. The molecule has 4 heteroatoms. The monoisotopic (exact) mass is 409 g/mol. The van der Waals surface area contributed by atoms with Gasteiger partial charge in [0.05, 0.1) is 0 Å². The van der Waals surface area contributed by atoms with E-state index >= 15 is 0 Å². The first-order valence-corrected chi connectivity index (χ1v) is 8.13. The largest absolute Gasteiger partial charge is 0.507 e. The van der Waals surface area contributed by atoms with E-state index in [1.807, 2.05) is 31.2 Å². The van der Waals surface area contributed by atoms with Gasteiger partial charge in [0.1, 0.15) is 17.2 Å². The standard InChI is InChI=1S/C18H20INO2/c1-11-7-14(19)8-12(17(11)22)10-20-15-9-13(18(2,3)4)5-6-16(15)21/h5-10,21-22H,1-4H3. The maximum atomic E-state index is 10.1. The minimum Gasteiger partial charge on any atom is -0.507 e. The molecule has 2 aromatic carbocycles. The van der Waals surface area contributed by atoms with Gasteiger partial charge in [-0.05, 0) is 70.3 Å². The summed E-state index contributed by atoms with van der Waals surface area (Å²) >= 11 is 2.20. The van der Waals surface area contributed by atoms with Crippen molar-refractivity contribution >= 4 is 34.5 Å². The number of aliphatic imine (C=N–C) groups is 1. The number of aromatic hydroxyl groups is 2. The van der Waals surface area contributed by atoms with Crippen molar-refractivity contribution in [3.8, 4) is 11.5 Å². The minimum atomic E-state index is -0.0151. The predicted octanol–water partition coefficient (Wildman–Crippen LogP) is 5.06. The van der Waals surface area contributed by atoms with E-state index in [4.69, 9.17) is 0 Å². The molecule has 0 unspecified atom stereocenters. The molecule has 0 heterocycles. The van der Waals surface area contributed by atoms with Gasteiger partial charge in [0, 0.05) is 15.3 Å². The maximum Gasteiger partial charge on any atom is 0.141 e. The van der Waals surface area contributed by atoms with Gasteiger partial charge in [-0.1, -0.05) is 26.8 Å². The SMILES string of the molecule is Cc1cc(I)cc(C=Nc2cc(C(C)(C)C)ccc2O)c1O. The fraction of sp³-hybridized carbons (Fsp3) is 0.278. The third kappa shape index (κ3) is 3.80. The molecule has 0 amide bonds. The number of phenols is 2. The summed E-state index contributed by atoms with van der Waals surface area (Å²) in [4.78, 5) is 4.35. The minimum absolute atomic E-state index is 0.0151. The number of phenolic OH excluding ortho intramolecular Hbond substituents is 2. The van der Waals surface area contributed by atoms with Gasteiger partial charge in [0.25, 0.3) is 0 Å². The van der Waals surface area contributed by atoms with Gasteiger partial charge < -0.3 is 10.2 Å². The van der Waals surface area contributed by atoms with Crippen LogP contribution in [-0.2, 0) is 5.41 Å². The molecule has 0 fully saturated rings. The summed E-state index contributed by atoms with van der Waals surface area (Å²) in [7, 11) is 0. The molecule has 116 valence electrons. The molecule has 0 aliphatic heterocycles. The molecule has 0 saturated heterocycles. The molecule has 2 rings (SSSR count). The fourth-order valence-corrected chi connectivity index (χ4v) is 2.89. The number of nitrogens with zero attached hydrogens (tertiary/aromatic N) is 1. The van der Waals surface area contributed by atoms with E-state index < -0.39 is 0 Å². The average molecular weight is 409 g/mol. The van der Waals surface area contributed by atoms with Crippen LogP contribution in [0.15, 0.2) is 35.3 Å². The molecule has 0 aliphatic carbocycles. The molecule has 2 aromatic rings. The highest BCUT2D eigenvalue weighted by molar-refractivity contribution is 14.1. The summed E-state index contributed by atoms with van der Waals surface area (Å²) in [6, 6.07) is 9.21. The Hall–Kier alpha value is -1.56. The lowest BCUT2D eigenvalue weighted by molar-refractivity contribution is 0.470. The molecule has 0 atom stereocenters. The summed E-state index contributed by atoms with van der Waals surface area (Å²) in [6.07, 6.45) is 1.59. The van der Waals surface area contributed by atoms with Crippen molar-refractivity contribution in [2.24, 2.45) is 4.99 Å². The average Bonchev–Trinajstić information content (AvgIpc) is 2.41. The van der Waals surface area contributed by atoms with Crippen LogP contribution >= 0.6 is 22.6 Å². The van der Waals surface area contributed by atoms with E-state index in [0.717, 1.165) is 14.7 Å². The molecule has 0 saturated carbocycles. The summed E-state index contributed by atoms with van der Waals surface area (Å²) in [5.74, 6) is 0.349. The van der Waals surface area contributed by atoms with Crippen LogP contribution in [0.3, 0.4) is 0 Å². The summed E-state index contributed by atoms with van der Waals surface area (Å²) < 4.78 is 1.03. The zero-order valence-corrected chi connectivity index (χ0v) is 15.3. The Labute approximate surface area is 144 Å². The Kier molecular flexibility index (Phi) is 4.80. The van der Waals surface area contributed by atoms with Crippen LogP contribution in [0, 0.1) is 10.5 Å². The van der Waals surface area contributed by atoms with Gasteiger partial charge in [-0.25, -0.2) is 0 Å². The van der Waals surface area contributed by atoms with Crippen molar-refractivity contribution in [1.29, 1.82) is 0 Å². The quantitative estimate of drug-likeness (QED) is 0.538. The van der Waals surface area contributed by atoms with Crippen LogP contribution in [0.1, 0.15) is 37.5 Å². The number of hydrogen-bond donors (Lipinski definition) is 2. The number of aryl methyl sites for hydroxylation is 1. The van der Waals surface area contributed by atoms with Crippen LogP contribution in [0.25, 0.3) is 0 Å². The van der Waals surface area contributed by atoms with E-state index in [2.05, 4.69) is 48.4 Å². The lowest BCUT2D eigenvalue weighted by Gasteiger charge is -2.19. The van der Waals surface area contributed by atoms with Crippen LogP contribution in [0.2, 0.25) is 0 Å². The molecular formula is C18H20INO2. The molecule has 0 aromatic heterocycles. The third-order valence-electron chi connectivity index (χ3n) is 3.48. The topological polar surface area (TPSA) is 52.8 Å². The lowest BCUT2D eigenvalue weighted by Crippen LogP contribution is -2.10. The lowest BCUT2D eigenvalue weighted by atomic mass is 9.87. The van der Waals surface area contributed by atoms with Gasteiger partial charge in [-0.2, -0.15) is 0 Å². The molecule has 0 bridgehead atoms. The van der Waals surface area contributed by atoms with Crippen molar-refractivity contribution in [2.45, 2.75) is 33.1 Å². The fourth-order valence-electron chi connectivity index (χ4n) is 2.09. The molecule has 2 N–H and O–H groups in total. The van der Waals surface area contributed by atoms with E-state index in [0.29, 0.717) is 11.3 Å². The molecule has 0 radical (unpaired) electrons. The summed E-state index contributed by atoms with van der Waals surface area (Å²) in [5.41, 5.74) is 3.04. The van der Waals surface area contributed by atoms with Crippen molar-refractivity contribution in [3.05, 3.63) is 50.6 Å². The van der Waals surface area contributed by atoms with Crippen LogP contribution < -0.4 is 0 Å². The van der Waals surface area contributed by atoms with E-state index in [1.54, 1.807) is 12.3 Å². The van der Waals surface area contributed by atoms with Crippen LogP contribution in [0.4, 0.5) is 5.69 Å². The van der Waals surface area contributed by atoms with Crippen molar-refractivity contribution in [2.75, 3.05) is 0 Å². The molecule has 22 heavy (non-hydrogen) atoms. The number of rotatable bonds is 2. The Bertz CT molecular complexity index is 731. The molecule has 0 spiro atoms. The second kappa shape index (κ2) is 6.28. The van der Waals surface area contributed by atoms with Gasteiger partial charge in [0.15, 0.2) is 0 Å². The van der Waals surface area contributed by atoms with Gasteiger partial charge in [0.2, 0.25) is 0 Å². The van der Waals surface area contributed by atoms with E-state index in [-0.39, 0.29) is 16.9 Å². The Morgan fingerprint density at radius 1 is 1.09 bits per heavy atom. The van der Waals surface area contributed by atoms with Gasteiger partial charge in [-0.3, -0.25) is 4.99 Å². The van der Waals surface area contributed by atoms with Crippen molar-refractivity contribution in [3.63, 3.8) is 0 Å². The highest BCUT2D eigenvalue weighted by Gasteiger charge is 2.15. The second-order valence-electron chi connectivity index (χ2n) is 6.37. The second-order valence-corrected chi connectivity index (χ2v) is 7.62. The first-order valence-electron chi connectivity index (χ1n) is 7.05. The number of halogens is 1. The van der Waals surface area contributed by atoms with Crippen LogP contribution in [0.5, 0.6) is 11.5 Å². The van der Waals surface area contributed by atoms with Crippen molar-refractivity contribution in [1.82, 2.24) is 0 Å². The van der Waals surface area contributed by atoms with Crippen LogP contribution in [-0.4, -0.2) is 16.4 Å². The summed E-state index contributed by atoms with van der Waals surface area (Å²) in [5, 5.41) is 20.1. The first kappa shape index (κ1) is 16.8. The Balaban J connectivity index is 2.43.